The van der Waals surface area contributed by atoms with Gasteiger partial charge in [0.25, 0.3) is 0 Å². The Labute approximate surface area is 108 Å². The molecule has 2 saturated heterocycles. The second-order valence-corrected chi connectivity index (χ2v) is 5.18. The Morgan fingerprint density at radius 1 is 1.39 bits per heavy atom. The van der Waals surface area contributed by atoms with E-state index in [2.05, 4.69) is 11.8 Å². The van der Waals surface area contributed by atoms with Crippen molar-refractivity contribution in [2.45, 2.75) is 50.9 Å². The maximum absolute atomic E-state index is 10.4. The highest BCUT2D eigenvalue weighted by atomic mass is 16.5. The summed E-state index contributed by atoms with van der Waals surface area (Å²) in [7, 11) is 0. The molecular weight excluding hydrogens is 234 g/mol. The van der Waals surface area contributed by atoms with Gasteiger partial charge >= 0.3 is 5.97 Å². The molecule has 5 heteroatoms. The molecule has 0 spiro atoms. The summed E-state index contributed by atoms with van der Waals surface area (Å²) in [6, 6.07) is 0.560. The van der Waals surface area contributed by atoms with Crippen molar-refractivity contribution in [1.29, 1.82) is 0 Å². The first-order valence-corrected chi connectivity index (χ1v) is 6.86. The van der Waals surface area contributed by atoms with Crippen LogP contribution in [-0.4, -0.2) is 60.5 Å². The molecule has 0 aliphatic carbocycles. The Morgan fingerprint density at radius 3 is 2.67 bits per heavy atom. The molecule has 2 unspecified atom stereocenters. The van der Waals surface area contributed by atoms with E-state index in [-0.39, 0.29) is 12.5 Å². The Kier molecular flexibility index (Phi) is 4.97. The number of nitrogens with zero attached hydrogens (tertiary/aromatic N) is 1. The molecule has 2 rings (SSSR count). The molecule has 2 aliphatic rings. The predicted molar refractivity (Wildman–Crippen MR) is 66.6 cm³/mol. The van der Waals surface area contributed by atoms with Gasteiger partial charge in [-0.15, -0.1) is 0 Å². The monoisotopic (exact) mass is 257 g/mol. The van der Waals surface area contributed by atoms with Crippen molar-refractivity contribution < 1.29 is 19.4 Å². The van der Waals surface area contributed by atoms with Crippen LogP contribution in [0.1, 0.15) is 32.6 Å². The van der Waals surface area contributed by atoms with E-state index in [1.807, 2.05) is 0 Å². The SMILES string of the molecule is CC1OCCC1N1CCC(OCCC(=O)O)CC1. The summed E-state index contributed by atoms with van der Waals surface area (Å²) in [5, 5.41) is 8.56. The largest absolute Gasteiger partial charge is 0.481 e. The Morgan fingerprint density at radius 2 is 2.11 bits per heavy atom. The van der Waals surface area contributed by atoms with Crippen LogP contribution in [0.25, 0.3) is 0 Å². The van der Waals surface area contributed by atoms with Crippen LogP contribution in [0.2, 0.25) is 0 Å². The summed E-state index contributed by atoms with van der Waals surface area (Å²) in [6.07, 6.45) is 3.82. The second-order valence-electron chi connectivity index (χ2n) is 5.18. The van der Waals surface area contributed by atoms with E-state index >= 15 is 0 Å². The standard InChI is InChI=1S/C13H23NO4/c1-10-12(4-8-17-10)14-6-2-11(3-7-14)18-9-5-13(15)16/h10-12H,2-9H2,1H3,(H,15,16). The van der Waals surface area contributed by atoms with Crippen molar-refractivity contribution in [2.24, 2.45) is 0 Å². The van der Waals surface area contributed by atoms with E-state index in [1.54, 1.807) is 0 Å². The van der Waals surface area contributed by atoms with Crippen LogP contribution in [0, 0.1) is 0 Å². The first kappa shape index (κ1) is 13.8. The zero-order chi connectivity index (χ0) is 13.0. The maximum atomic E-state index is 10.4. The van der Waals surface area contributed by atoms with Crippen molar-refractivity contribution in [1.82, 2.24) is 4.90 Å². The maximum Gasteiger partial charge on any atom is 0.305 e. The third-order valence-electron chi connectivity index (χ3n) is 3.95. The number of likely N-dealkylation sites (tertiary alicyclic amines) is 1. The summed E-state index contributed by atoms with van der Waals surface area (Å²) in [4.78, 5) is 12.9. The number of piperidine rings is 1. The average Bonchev–Trinajstić information content (AvgIpc) is 2.76. The van der Waals surface area contributed by atoms with Crippen LogP contribution >= 0.6 is 0 Å². The van der Waals surface area contributed by atoms with Crippen LogP contribution in [0.3, 0.4) is 0 Å². The van der Waals surface area contributed by atoms with Crippen LogP contribution < -0.4 is 0 Å². The van der Waals surface area contributed by atoms with Gasteiger partial charge in [0.15, 0.2) is 0 Å². The summed E-state index contributed by atoms with van der Waals surface area (Å²) in [6.45, 7) is 5.43. The topological polar surface area (TPSA) is 59.0 Å². The first-order chi connectivity index (χ1) is 8.66. The fourth-order valence-electron chi connectivity index (χ4n) is 2.89. The lowest BCUT2D eigenvalue weighted by Gasteiger charge is -2.36. The fraction of sp³-hybridized carbons (Fsp3) is 0.923. The first-order valence-electron chi connectivity index (χ1n) is 6.86. The quantitative estimate of drug-likeness (QED) is 0.799. The molecule has 0 aromatic rings. The van der Waals surface area contributed by atoms with Gasteiger partial charge in [0.1, 0.15) is 0 Å². The molecular formula is C13H23NO4. The number of carboxylic acid groups (broad SMARTS) is 1. The molecule has 0 aromatic heterocycles. The summed E-state index contributed by atoms with van der Waals surface area (Å²) >= 11 is 0. The fourth-order valence-corrected chi connectivity index (χ4v) is 2.89. The third-order valence-corrected chi connectivity index (χ3v) is 3.95. The average molecular weight is 257 g/mol. The van der Waals surface area contributed by atoms with Crippen molar-refractivity contribution >= 4 is 5.97 Å². The van der Waals surface area contributed by atoms with Gasteiger partial charge in [0.2, 0.25) is 0 Å². The number of rotatable bonds is 5. The van der Waals surface area contributed by atoms with Gasteiger partial charge in [-0.25, -0.2) is 0 Å². The number of aliphatic carboxylic acids is 1. The van der Waals surface area contributed by atoms with Crippen molar-refractivity contribution in [3.8, 4) is 0 Å². The van der Waals surface area contributed by atoms with E-state index in [0.29, 0.717) is 18.8 Å². The second kappa shape index (κ2) is 6.50. The van der Waals surface area contributed by atoms with E-state index in [1.165, 1.54) is 0 Å². The molecule has 0 aromatic carbocycles. The number of ether oxygens (including phenoxy) is 2. The zero-order valence-electron chi connectivity index (χ0n) is 11.0. The van der Waals surface area contributed by atoms with Crippen LogP contribution in [0.15, 0.2) is 0 Å². The van der Waals surface area contributed by atoms with E-state index in [4.69, 9.17) is 14.6 Å². The van der Waals surface area contributed by atoms with E-state index < -0.39 is 5.97 Å². The van der Waals surface area contributed by atoms with E-state index in [0.717, 1.165) is 39.0 Å². The highest BCUT2D eigenvalue weighted by Crippen LogP contribution is 2.24. The molecule has 104 valence electrons. The highest BCUT2D eigenvalue weighted by molar-refractivity contribution is 5.66. The molecule has 0 saturated carbocycles. The number of hydrogen-bond acceptors (Lipinski definition) is 4. The van der Waals surface area contributed by atoms with Crippen LogP contribution in [0.4, 0.5) is 0 Å². The number of carboxylic acids is 1. The van der Waals surface area contributed by atoms with Gasteiger partial charge in [0.05, 0.1) is 25.2 Å². The highest BCUT2D eigenvalue weighted by Gasteiger charge is 2.32. The van der Waals surface area contributed by atoms with Gasteiger partial charge in [0, 0.05) is 25.7 Å². The Balaban J connectivity index is 1.66. The Hall–Kier alpha value is -0.650. The molecule has 18 heavy (non-hydrogen) atoms. The van der Waals surface area contributed by atoms with E-state index in [9.17, 15) is 4.79 Å². The molecule has 2 aliphatic heterocycles. The molecule has 2 heterocycles. The van der Waals surface area contributed by atoms with Gasteiger partial charge in [-0.05, 0) is 26.2 Å². The minimum Gasteiger partial charge on any atom is -0.481 e. The lowest BCUT2D eigenvalue weighted by atomic mass is 10.0. The molecule has 0 amide bonds. The third kappa shape index (κ3) is 3.67. The normalized spacial score (nSPS) is 30.7. The molecule has 1 N–H and O–H groups in total. The van der Waals surface area contributed by atoms with Crippen LogP contribution in [-0.2, 0) is 14.3 Å². The lowest BCUT2D eigenvalue weighted by molar-refractivity contribution is -0.139. The smallest absolute Gasteiger partial charge is 0.305 e. The molecule has 0 bridgehead atoms. The van der Waals surface area contributed by atoms with Gasteiger partial charge in [-0.3, -0.25) is 9.69 Å². The lowest BCUT2D eigenvalue weighted by Crippen LogP contribution is -2.46. The van der Waals surface area contributed by atoms with Crippen molar-refractivity contribution in [3.05, 3.63) is 0 Å². The summed E-state index contributed by atoms with van der Waals surface area (Å²) in [5.74, 6) is -0.788. The number of hydrogen-bond donors (Lipinski definition) is 1. The van der Waals surface area contributed by atoms with Crippen LogP contribution in [0.5, 0.6) is 0 Å². The summed E-state index contributed by atoms with van der Waals surface area (Å²) in [5.41, 5.74) is 0. The Bertz CT molecular complexity index is 276. The number of carbonyl (C=O) groups is 1. The van der Waals surface area contributed by atoms with Gasteiger partial charge in [-0.1, -0.05) is 0 Å². The molecule has 5 nitrogen and oxygen atoms in total. The van der Waals surface area contributed by atoms with Crippen molar-refractivity contribution in [3.63, 3.8) is 0 Å². The minimum atomic E-state index is -0.788. The zero-order valence-corrected chi connectivity index (χ0v) is 11.0. The summed E-state index contributed by atoms with van der Waals surface area (Å²) < 4.78 is 11.2. The minimum absolute atomic E-state index is 0.105. The van der Waals surface area contributed by atoms with Crippen molar-refractivity contribution in [2.75, 3.05) is 26.3 Å². The molecule has 0 radical (unpaired) electrons. The predicted octanol–water partition coefficient (Wildman–Crippen LogP) is 1.12. The molecule has 2 atom stereocenters. The van der Waals surface area contributed by atoms with Gasteiger partial charge in [-0.2, -0.15) is 0 Å². The van der Waals surface area contributed by atoms with Gasteiger partial charge < -0.3 is 14.6 Å². The molecule has 2 fully saturated rings.